The largest absolute Gasteiger partial charge is 0.395 e. The van der Waals surface area contributed by atoms with Crippen molar-refractivity contribution in [2.75, 3.05) is 19.4 Å². The third-order valence-electron chi connectivity index (χ3n) is 5.81. The van der Waals surface area contributed by atoms with Gasteiger partial charge in [0.05, 0.1) is 23.7 Å². The van der Waals surface area contributed by atoms with E-state index in [-0.39, 0.29) is 30.8 Å². The second kappa shape index (κ2) is 8.94. The van der Waals surface area contributed by atoms with Gasteiger partial charge in [0.15, 0.2) is 11.0 Å². The van der Waals surface area contributed by atoms with E-state index >= 15 is 0 Å². The molecule has 0 bridgehead atoms. The number of fused-ring (bicyclic) bond motifs is 4. The number of aliphatic imine (C=N–C) groups is 1. The molecule has 0 fully saturated rings. The number of rotatable bonds is 4. The number of carbonyl (C=O) groups excluding carboxylic acids is 1. The molecule has 180 valence electrons. The van der Waals surface area contributed by atoms with Crippen molar-refractivity contribution in [2.45, 2.75) is 37.5 Å². The maximum Gasteiger partial charge on any atom is 0.327 e. The Balaban J connectivity index is 1.76. The van der Waals surface area contributed by atoms with Crippen LogP contribution in [-0.4, -0.2) is 67.1 Å². The number of nitrogens with zero attached hydrogens (tertiary/aromatic N) is 6. The Kier molecular flexibility index (Phi) is 5.94. The summed E-state index contributed by atoms with van der Waals surface area (Å²) in [7, 11) is 0. The van der Waals surface area contributed by atoms with Gasteiger partial charge in [0.25, 0.3) is 0 Å². The number of amides is 2. The molecule has 1 aliphatic carbocycles. The fraction of sp³-hybridized carbons (Fsp3) is 0.320. The Morgan fingerprint density at radius 2 is 2.09 bits per heavy atom. The average Bonchev–Trinajstić information content (AvgIpc) is 3.27. The standard InChI is InChI=1S/C25H27N7O2S/c1-25(2,3)32-21-17(10-9-15-13-27-23(35-4)29-19(15)21)20(30-32)22-28-18-8-6-5-7-16(18)14-31(22)24(34)26-11-12-33/h5-10,13-14,18,33H,11-12H2,1-4H3,(H,26,34). The van der Waals surface area contributed by atoms with Gasteiger partial charge in [-0.2, -0.15) is 5.10 Å². The van der Waals surface area contributed by atoms with Gasteiger partial charge >= 0.3 is 6.03 Å². The molecule has 5 rings (SSSR count). The molecule has 0 radical (unpaired) electrons. The second-order valence-corrected chi connectivity index (χ2v) is 10.1. The number of aromatic nitrogens is 4. The van der Waals surface area contributed by atoms with Crippen molar-refractivity contribution in [3.8, 4) is 0 Å². The van der Waals surface area contributed by atoms with E-state index in [9.17, 15) is 9.90 Å². The fourth-order valence-electron chi connectivity index (χ4n) is 4.19. The molecule has 2 N–H and O–H groups in total. The van der Waals surface area contributed by atoms with Crippen molar-refractivity contribution in [1.82, 2.24) is 30.0 Å². The minimum atomic E-state index is -0.377. The normalized spacial score (nSPS) is 17.5. The van der Waals surface area contributed by atoms with Crippen LogP contribution in [0.1, 0.15) is 26.5 Å². The maximum absolute atomic E-state index is 13.1. The van der Waals surface area contributed by atoms with Crippen LogP contribution in [0.5, 0.6) is 0 Å². The summed E-state index contributed by atoms with van der Waals surface area (Å²) in [5.74, 6) is 0.445. The molecule has 3 heterocycles. The van der Waals surface area contributed by atoms with Crippen molar-refractivity contribution < 1.29 is 9.90 Å². The summed E-state index contributed by atoms with van der Waals surface area (Å²) in [6.07, 6.45) is 13.4. The lowest BCUT2D eigenvalue weighted by Gasteiger charge is -2.28. The topological polar surface area (TPSA) is 109 Å². The molecule has 1 aromatic carbocycles. The molecular formula is C25H27N7O2S. The summed E-state index contributed by atoms with van der Waals surface area (Å²) in [6, 6.07) is 3.38. The highest BCUT2D eigenvalue weighted by Crippen LogP contribution is 2.33. The molecule has 3 aromatic rings. The zero-order valence-corrected chi connectivity index (χ0v) is 20.9. The number of benzene rings is 1. The SMILES string of the molecule is CSc1ncc2ccc3c(C4=NC5C=CC=CC5=CN4C(=O)NCCO)nn(C(C)(C)C)c3c2n1. The lowest BCUT2D eigenvalue weighted by molar-refractivity contribution is 0.223. The van der Waals surface area contributed by atoms with Gasteiger partial charge in [-0.3, -0.25) is 14.6 Å². The first-order valence-electron chi connectivity index (χ1n) is 11.4. The molecule has 2 aliphatic rings. The molecule has 9 nitrogen and oxygen atoms in total. The first kappa shape index (κ1) is 23.3. The van der Waals surface area contributed by atoms with Crippen LogP contribution in [0, 0.1) is 0 Å². The van der Waals surface area contributed by atoms with E-state index in [0.717, 1.165) is 27.4 Å². The third-order valence-corrected chi connectivity index (χ3v) is 6.37. The highest BCUT2D eigenvalue weighted by atomic mass is 32.2. The zero-order valence-electron chi connectivity index (χ0n) is 20.1. The van der Waals surface area contributed by atoms with E-state index in [2.05, 4.69) is 31.1 Å². The molecule has 2 amide bonds. The van der Waals surface area contributed by atoms with Gasteiger partial charge < -0.3 is 10.4 Å². The third kappa shape index (κ3) is 4.12. The van der Waals surface area contributed by atoms with E-state index < -0.39 is 0 Å². The van der Waals surface area contributed by atoms with E-state index in [1.165, 1.54) is 16.7 Å². The molecule has 1 unspecified atom stereocenters. The van der Waals surface area contributed by atoms with Gasteiger partial charge in [-0.15, -0.1) is 0 Å². The maximum atomic E-state index is 13.1. The average molecular weight is 490 g/mol. The van der Waals surface area contributed by atoms with Gasteiger partial charge in [-0.25, -0.2) is 14.8 Å². The number of aliphatic hydroxyl groups excluding tert-OH is 1. The van der Waals surface area contributed by atoms with Crippen LogP contribution >= 0.6 is 11.8 Å². The Morgan fingerprint density at radius 3 is 2.83 bits per heavy atom. The number of nitrogens with one attached hydrogen (secondary N) is 1. The quantitative estimate of drug-likeness (QED) is 0.428. The van der Waals surface area contributed by atoms with E-state index in [1.54, 1.807) is 6.20 Å². The van der Waals surface area contributed by atoms with Crippen molar-refractivity contribution in [3.05, 3.63) is 60.1 Å². The molecule has 0 saturated heterocycles. The van der Waals surface area contributed by atoms with E-state index in [4.69, 9.17) is 15.1 Å². The summed E-state index contributed by atoms with van der Waals surface area (Å²) < 4.78 is 1.96. The van der Waals surface area contributed by atoms with Gasteiger partial charge in [-0.1, -0.05) is 42.1 Å². The molecule has 10 heteroatoms. The number of allylic oxidation sites excluding steroid dienone is 2. The first-order valence-corrected chi connectivity index (χ1v) is 12.6. The Bertz CT molecular complexity index is 1450. The summed E-state index contributed by atoms with van der Waals surface area (Å²) in [4.78, 5) is 28.8. The van der Waals surface area contributed by atoms with Crippen molar-refractivity contribution in [2.24, 2.45) is 4.99 Å². The fourth-order valence-corrected chi connectivity index (χ4v) is 4.53. The number of amidine groups is 1. The van der Waals surface area contributed by atoms with Crippen molar-refractivity contribution >= 4 is 45.4 Å². The lowest BCUT2D eigenvalue weighted by Crippen LogP contribution is -2.44. The van der Waals surface area contributed by atoms with Crippen LogP contribution in [-0.2, 0) is 5.54 Å². The van der Waals surface area contributed by atoms with Crippen LogP contribution in [0.3, 0.4) is 0 Å². The molecule has 1 aliphatic heterocycles. The van der Waals surface area contributed by atoms with Gasteiger partial charge in [0, 0.05) is 29.7 Å². The lowest BCUT2D eigenvalue weighted by atomic mass is 10.0. The first-order chi connectivity index (χ1) is 16.8. The van der Waals surface area contributed by atoms with Crippen LogP contribution in [0.2, 0.25) is 0 Å². The monoisotopic (exact) mass is 489 g/mol. The van der Waals surface area contributed by atoms with E-state index in [0.29, 0.717) is 16.7 Å². The van der Waals surface area contributed by atoms with Gasteiger partial charge in [0.2, 0.25) is 0 Å². The van der Waals surface area contributed by atoms with Crippen molar-refractivity contribution in [3.63, 3.8) is 0 Å². The molecule has 2 aromatic heterocycles. The van der Waals surface area contributed by atoms with Crippen LogP contribution in [0.15, 0.2) is 64.6 Å². The summed E-state index contributed by atoms with van der Waals surface area (Å²) in [6.45, 7) is 6.24. The Morgan fingerprint density at radius 1 is 1.26 bits per heavy atom. The molecule has 0 saturated carbocycles. The number of aliphatic hydroxyl groups is 1. The Labute approximate surface area is 207 Å². The number of hydrogen-bond donors (Lipinski definition) is 2. The van der Waals surface area contributed by atoms with Gasteiger partial charge in [-0.05, 0) is 38.7 Å². The number of urea groups is 1. The number of hydrogen-bond acceptors (Lipinski definition) is 7. The summed E-state index contributed by atoms with van der Waals surface area (Å²) in [5.41, 5.74) is 2.81. The summed E-state index contributed by atoms with van der Waals surface area (Å²) >= 11 is 1.49. The van der Waals surface area contributed by atoms with Gasteiger partial charge in [0.1, 0.15) is 11.2 Å². The minimum Gasteiger partial charge on any atom is -0.395 e. The zero-order chi connectivity index (χ0) is 24.7. The van der Waals surface area contributed by atoms with Crippen molar-refractivity contribution in [1.29, 1.82) is 0 Å². The minimum absolute atomic E-state index is 0.140. The van der Waals surface area contributed by atoms with Crippen LogP contribution in [0.4, 0.5) is 4.79 Å². The van der Waals surface area contributed by atoms with Crippen LogP contribution in [0.25, 0.3) is 21.8 Å². The predicted molar refractivity (Wildman–Crippen MR) is 139 cm³/mol. The number of thioether (sulfide) groups is 1. The molecule has 0 spiro atoms. The molecule has 35 heavy (non-hydrogen) atoms. The summed E-state index contributed by atoms with van der Waals surface area (Å²) in [5, 5.41) is 19.4. The molecule has 1 atom stereocenters. The molecular weight excluding hydrogens is 462 g/mol. The predicted octanol–water partition coefficient (Wildman–Crippen LogP) is 3.60. The second-order valence-electron chi connectivity index (χ2n) is 9.28. The highest BCUT2D eigenvalue weighted by molar-refractivity contribution is 7.98. The smallest absolute Gasteiger partial charge is 0.327 e. The highest BCUT2D eigenvalue weighted by Gasteiger charge is 2.32. The van der Waals surface area contributed by atoms with E-state index in [1.807, 2.05) is 53.6 Å². The Hall–Kier alpha value is -3.50. The van der Waals surface area contributed by atoms with Crippen LogP contribution < -0.4 is 5.32 Å². The number of carbonyl (C=O) groups is 1.